The van der Waals surface area contributed by atoms with Crippen molar-refractivity contribution in [1.82, 2.24) is 5.32 Å². The molecule has 0 heterocycles. The van der Waals surface area contributed by atoms with E-state index in [9.17, 15) is 14.7 Å². The van der Waals surface area contributed by atoms with Crippen LogP contribution in [0.3, 0.4) is 0 Å². The molecular weight excluding hydrogens is 462 g/mol. The van der Waals surface area contributed by atoms with Crippen LogP contribution in [0.5, 0.6) is 0 Å². The van der Waals surface area contributed by atoms with Crippen molar-refractivity contribution in [2.75, 3.05) is 12.0 Å². The third-order valence-corrected chi connectivity index (χ3v) is 7.46. The Balaban J connectivity index is 1.86. The Bertz CT molecular complexity index is 1150. The van der Waals surface area contributed by atoms with Crippen LogP contribution < -0.4 is 5.32 Å². The van der Waals surface area contributed by atoms with Crippen molar-refractivity contribution in [3.8, 4) is 11.1 Å². The van der Waals surface area contributed by atoms with Gasteiger partial charge in [-0.1, -0.05) is 54.6 Å². The van der Waals surface area contributed by atoms with E-state index in [4.69, 9.17) is 0 Å². The summed E-state index contributed by atoms with van der Waals surface area (Å²) in [5.74, 6) is 1.04. The Hall–Kier alpha value is -2.70. The number of benzene rings is 3. The molecule has 0 fully saturated rings. The van der Waals surface area contributed by atoms with Crippen molar-refractivity contribution in [2.24, 2.45) is 0 Å². The van der Waals surface area contributed by atoms with Gasteiger partial charge in [0.25, 0.3) is 5.91 Å². The summed E-state index contributed by atoms with van der Waals surface area (Å²) in [5, 5.41) is 12.3. The van der Waals surface area contributed by atoms with Crippen molar-refractivity contribution in [2.45, 2.75) is 37.8 Å². The number of rotatable bonds is 11. The van der Waals surface area contributed by atoms with E-state index in [0.29, 0.717) is 17.7 Å². The molecule has 0 unspecified atom stereocenters. The molecule has 178 valence electrons. The summed E-state index contributed by atoms with van der Waals surface area (Å²) in [6.07, 6.45) is 2.31. The normalized spacial score (nSPS) is 11.7. The lowest BCUT2D eigenvalue weighted by Gasteiger charge is -2.17. The van der Waals surface area contributed by atoms with Gasteiger partial charge in [-0.25, -0.2) is 4.79 Å². The maximum absolute atomic E-state index is 13.2. The number of carboxylic acid groups (broad SMARTS) is 1. The molecule has 3 rings (SSSR count). The minimum absolute atomic E-state index is 0.356. The zero-order valence-corrected chi connectivity index (χ0v) is 21.5. The predicted octanol–water partition coefficient (Wildman–Crippen LogP) is 6.34. The SMILES string of the molecule is CSCC[C@H](NC(=O)c1ccc(CSCc2ccccc2C)cc1-c1ccccc1C)C(=O)O. The van der Waals surface area contributed by atoms with E-state index in [0.717, 1.165) is 33.8 Å². The highest BCUT2D eigenvalue weighted by atomic mass is 32.2. The van der Waals surface area contributed by atoms with Gasteiger partial charge in [-0.15, -0.1) is 0 Å². The Kier molecular flexibility index (Phi) is 9.66. The van der Waals surface area contributed by atoms with Crippen molar-refractivity contribution in [1.29, 1.82) is 0 Å². The number of hydrogen-bond donors (Lipinski definition) is 2. The van der Waals surface area contributed by atoms with Gasteiger partial charge in [0, 0.05) is 17.1 Å². The van der Waals surface area contributed by atoms with Crippen LogP contribution in [-0.4, -0.2) is 35.0 Å². The first-order valence-corrected chi connectivity index (χ1v) is 13.8. The van der Waals surface area contributed by atoms with E-state index in [2.05, 4.69) is 42.6 Å². The molecule has 0 aliphatic rings. The molecule has 0 radical (unpaired) electrons. The smallest absolute Gasteiger partial charge is 0.326 e. The van der Waals surface area contributed by atoms with Crippen LogP contribution in [0.4, 0.5) is 0 Å². The van der Waals surface area contributed by atoms with Gasteiger partial charge in [-0.3, -0.25) is 4.79 Å². The van der Waals surface area contributed by atoms with E-state index in [1.54, 1.807) is 11.8 Å². The maximum atomic E-state index is 13.2. The zero-order valence-electron chi connectivity index (χ0n) is 19.8. The lowest BCUT2D eigenvalue weighted by Crippen LogP contribution is -2.41. The van der Waals surface area contributed by atoms with Gasteiger partial charge in [0.2, 0.25) is 0 Å². The Morgan fingerprint density at radius 3 is 2.29 bits per heavy atom. The standard InChI is InChI=1S/C28H31NO3S2/c1-19-8-4-6-10-22(19)18-34-17-21-12-13-24(25(16-21)23-11-7-5-9-20(23)2)27(30)29-26(28(31)32)14-15-33-3/h4-13,16,26H,14-15,17-18H2,1-3H3,(H,29,30)(H,31,32)/t26-/m0/s1. The molecule has 3 aromatic rings. The van der Waals surface area contributed by atoms with Crippen molar-refractivity contribution in [3.63, 3.8) is 0 Å². The fourth-order valence-electron chi connectivity index (χ4n) is 3.76. The number of amides is 1. The van der Waals surface area contributed by atoms with Crippen LogP contribution in [-0.2, 0) is 16.3 Å². The second kappa shape index (κ2) is 12.7. The van der Waals surface area contributed by atoms with Gasteiger partial charge in [0.15, 0.2) is 0 Å². The largest absolute Gasteiger partial charge is 0.480 e. The molecule has 1 atom stereocenters. The van der Waals surface area contributed by atoms with Gasteiger partial charge in [0.1, 0.15) is 6.04 Å². The average Bonchev–Trinajstić information content (AvgIpc) is 2.83. The zero-order chi connectivity index (χ0) is 24.5. The number of carbonyl (C=O) groups is 2. The number of thioether (sulfide) groups is 2. The number of nitrogens with one attached hydrogen (secondary N) is 1. The fourth-order valence-corrected chi connectivity index (χ4v) is 5.29. The Labute approximate surface area is 210 Å². The highest BCUT2D eigenvalue weighted by molar-refractivity contribution is 7.98. The molecule has 0 bridgehead atoms. The molecule has 0 aliphatic carbocycles. The number of aliphatic carboxylic acids is 1. The van der Waals surface area contributed by atoms with Crippen molar-refractivity contribution >= 4 is 35.4 Å². The molecule has 0 saturated carbocycles. The van der Waals surface area contributed by atoms with Gasteiger partial charge in [-0.2, -0.15) is 23.5 Å². The van der Waals surface area contributed by atoms with Gasteiger partial charge < -0.3 is 10.4 Å². The first-order chi connectivity index (χ1) is 16.4. The first-order valence-electron chi connectivity index (χ1n) is 11.2. The molecule has 1 amide bonds. The molecule has 2 N–H and O–H groups in total. The van der Waals surface area contributed by atoms with Gasteiger partial charge in [-0.05, 0) is 77.8 Å². The summed E-state index contributed by atoms with van der Waals surface area (Å²) in [7, 11) is 0. The molecule has 0 spiro atoms. The lowest BCUT2D eigenvalue weighted by molar-refractivity contribution is -0.139. The summed E-state index contributed by atoms with van der Waals surface area (Å²) in [4.78, 5) is 24.9. The third kappa shape index (κ3) is 6.90. The number of aryl methyl sites for hydroxylation is 2. The predicted molar refractivity (Wildman–Crippen MR) is 145 cm³/mol. The second-order valence-electron chi connectivity index (χ2n) is 8.26. The molecular formula is C28H31NO3S2. The molecule has 34 heavy (non-hydrogen) atoms. The van der Waals surface area contributed by atoms with Crippen LogP contribution in [0.1, 0.15) is 39.0 Å². The average molecular weight is 494 g/mol. The second-order valence-corrected chi connectivity index (χ2v) is 10.2. The molecule has 0 aliphatic heterocycles. The number of hydrogen-bond acceptors (Lipinski definition) is 4. The quantitative estimate of drug-likeness (QED) is 0.326. The van der Waals surface area contributed by atoms with Crippen LogP contribution in [0, 0.1) is 13.8 Å². The summed E-state index contributed by atoms with van der Waals surface area (Å²) in [6, 6.07) is 21.3. The van der Waals surface area contributed by atoms with E-state index < -0.39 is 12.0 Å². The van der Waals surface area contributed by atoms with Gasteiger partial charge in [0.05, 0.1) is 0 Å². The minimum Gasteiger partial charge on any atom is -0.480 e. The fraction of sp³-hybridized carbons (Fsp3) is 0.286. The molecule has 4 nitrogen and oxygen atoms in total. The highest BCUT2D eigenvalue weighted by Gasteiger charge is 2.22. The van der Waals surface area contributed by atoms with Crippen LogP contribution in [0.15, 0.2) is 66.7 Å². The van der Waals surface area contributed by atoms with E-state index in [1.807, 2.05) is 61.3 Å². The third-order valence-electron chi connectivity index (χ3n) is 5.77. The van der Waals surface area contributed by atoms with Crippen molar-refractivity contribution < 1.29 is 14.7 Å². The lowest BCUT2D eigenvalue weighted by atomic mass is 9.94. The minimum atomic E-state index is -1.01. The van der Waals surface area contributed by atoms with Crippen LogP contribution in [0.25, 0.3) is 11.1 Å². The molecule has 3 aromatic carbocycles. The summed E-state index contributed by atoms with van der Waals surface area (Å²) in [6.45, 7) is 4.15. The van der Waals surface area contributed by atoms with Crippen LogP contribution >= 0.6 is 23.5 Å². The summed E-state index contributed by atoms with van der Waals surface area (Å²) >= 11 is 3.40. The van der Waals surface area contributed by atoms with E-state index >= 15 is 0 Å². The highest BCUT2D eigenvalue weighted by Crippen LogP contribution is 2.30. The Morgan fingerprint density at radius 2 is 1.62 bits per heavy atom. The monoisotopic (exact) mass is 493 g/mol. The van der Waals surface area contributed by atoms with Crippen molar-refractivity contribution in [3.05, 3.63) is 94.5 Å². The molecule has 0 saturated heterocycles. The number of carbonyl (C=O) groups excluding carboxylic acids is 1. The summed E-state index contributed by atoms with van der Waals surface area (Å²) < 4.78 is 0. The van der Waals surface area contributed by atoms with E-state index in [-0.39, 0.29) is 5.91 Å². The summed E-state index contributed by atoms with van der Waals surface area (Å²) in [5.41, 5.74) is 7.12. The first kappa shape index (κ1) is 25.9. The maximum Gasteiger partial charge on any atom is 0.326 e. The van der Waals surface area contributed by atoms with Crippen LogP contribution in [0.2, 0.25) is 0 Å². The molecule has 0 aromatic heterocycles. The van der Waals surface area contributed by atoms with E-state index in [1.165, 1.54) is 11.1 Å². The topological polar surface area (TPSA) is 66.4 Å². The Morgan fingerprint density at radius 1 is 0.912 bits per heavy atom. The number of carboxylic acids is 1. The van der Waals surface area contributed by atoms with Gasteiger partial charge >= 0.3 is 5.97 Å². The molecule has 6 heteroatoms.